The van der Waals surface area contributed by atoms with Crippen LogP contribution in [0.1, 0.15) is 18.9 Å². The third-order valence-corrected chi connectivity index (χ3v) is 4.57. The highest BCUT2D eigenvalue weighted by molar-refractivity contribution is 6.00. The summed E-state index contributed by atoms with van der Waals surface area (Å²) in [6, 6.07) is 7.97. The monoisotopic (exact) mass is 337 g/mol. The van der Waals surface area contributed by atoms with Gasteiger partial charge in [0.25, 0.3) is 0 Å². The average Bonchev–Trinajstić information content (AvgIpc) is 2.96. The zero-order valence-electron chi connectivity index (χ0n) is 13.5. The molecule has 2 saturated heterocycles. The zero-order chi connectivity index (χ0) is 15.5. The number of halogens is 1. The van der Waals surface area contributed by atoms with Gasteiger partial charge in [0, 0.05) is 44.8 Å². The van der Waals surface area contributed by atoms with Crippen molar-refractivity contribution >= 4 is 29.9 Å². The number of hydrogen-bond donors (Lipinski definition) is 1. The Hall–Kier alpha value is -1.59. The lowest BCUT2D eigenvalue weighted by molar-refractivity contribution is -0.136. The van der Waals surface area contributed by atoms with Gasteiger partial charge in [-0.2, -0.15) is 0 Å². The minimum Gasteiger partial charge on any atom is -0.340 e. The number of para-hydroxylation sites is 1. The van der Waals surface area contributed by atoms with E-state index in [1.165, 1.54) is 0 Å². The fourth-order valence-corrected chi connectivity index (χ4v) is 3.32. The first-order chi connectivity index (χ1) is 10.7. The molecule has 1 aromatic rings. The second kappa shape index (κ2) is 7.79. The predicted molar refractivity (Wildman–Crippen MR) is 93.0 cm³/mol. The molecule has 2 amide bonds. The lowest BCUT2D eigenvalue weighted by Gasteiger charge is -2.29. The maximum Gasteiger partial charge on any atom is 0.228 e. The first kappa shape index (κ1) is 17.8. The van der Waals surface area contributed by atoms with Crippen LogP contribution in [0.2, 0.25) is 0 Å². The highest BCUT2D eigenvalue weighted by Gasteiger charge is 2.37. The first-order valence-corrected chi connectivity index (χ1v) is 8.08. The second-order valence-electron chi connectivity index (χ2n) is 5.96. The smallest absolute Gasteiger partial charge is 0.228 e. The molecule has 1 atom stereocenters. The first-order valence-electron chi connectivity index (χ1n) is 8.08. The van der Waals surface area contributed by atoms with E-state index in [0.29, 0.717) is 13.0 Å². The van der Waals surface area contributed by atoms with Crippen LogP contribution in [-0.4, -0.2) is 49.4 Å². The Morgan fingerprint density at radius 3 is 2.65 bits per heavy atom. The van der Waals surface area contributed by atoms with Gasteiger partial charge in [-0.1, -0.05) is 25.1 Å². The Labute approximate surface area is 143 Å². The second-order valence-corrected chi connectivity index (χ2v) is 5.96. The van der Waals surface area contributed by atoms with Gasteiger partial charge in [0.05, 0.1) is 5.92 Å². The Bertz CT molecular complexity index is 573. The van der Waals surface area contributed by atoms with Crippen LogP contribution in [0, 0.1) is 5.92 Å². The van der Waals surface area contributed by atoms with Gasteiger partial charge < -0.3 is 15.1 Å². The van der Waals surface area contributed by atoms with Gasteiger partial charge in [0.15, 0.2) is 0 Å². The van der Waals surface area contributed by atoms with Crippen LogP contribution in [0.25, 0.3) is 0 Å². The summed E-state index contributed by atoms with van der Waals surface area (Å²) in [5.74, 6) is -0.00349. The summed E-state index contributed by atoms with van der Waals surface area (Å²) < 4.78 is 0. The standard InChI is InChI=1S/C17H23N3O2.ClH/c1-2-13-5-3-4-6-15(13)20-12-14(11-16(20)21)17(22)19-9-7-18-8-10-19;/h3-6,14,18H,2,7-12H2,1H3;1H. The van der Waals surface area contributed by atoms with E-state index in [2.05, 4.69) is 12.2 Å². The van der Waals surface area contributed by atoms with Crippen molar-refractivity contribution in [3.05, 3.63) is 29.8 Å². The average molecular weight is 338 g/mol. The highest BCUT2D eigenvalue weighted by atomic mass is 35.5. The molecule has 0 bridgehead atoms. The molecule has 2 aliphatic heterocycles. The number of benzene rings is 1. The lowest BCUT2D eigenvalue weighted by atomic mass is 10.1. The molecule has 0 spiro atoms. The Balaban J connectivity index is 0.00000192. The Kier molecular flexibility index (Phi) is 6.02. The number of hydrogen-bond acceptors (Lipinski definition) is 3. The largest absolute Gasteiger partial charge is 0.340 e. The third-order valence-electron chi connectivity index (χ3n) is 4.57. The maximum absolute atomic E-state index is 12.6. The maximum atomic E-state index is 12.6. The van der Waals surface area contributed by atoms with Crippen LogP contribution in [0.15, 0.2) is 24.3 Å². The van der Waals surface area contributed by atoms with Crippen LogP contribution in [0.3, 0.4) is 0 Å². The number of anilines is 1. The lowest BCUT2D eigenvalue weighted by Crippen LogP contribution is -2.48. The SMILES string of the molecule is CCc1ccccc1N1CC(C(=O)N2CCNCC2)CC1=O.Cl. The van der Waals surface area contributed by atoms with E-state index in [9.17, 15) is 9.59 Å². The van der Waals surface area contributed by atoms with Crippen molar-refractivity contribution in [2.45, 2.75) is 19.8 Å². The normalized spacial score (nSPS) is 21.3. The summed E-state index contributed by atoms with van der Waals surface area (Å²) in [7, 11) is 0. The molecule has 1 N–H and O–H groups in total. The van der Waals surface area contributed by atoms with Crippen molar-refractivity contribution < 1.29 is 9.59 Å². The van der Waals surface area contributed by atoms with Gasteiger partial charge in [-0.25, -0.2) is 0 Å². The van der Waals surface area contributed by atoms with Gasteiger partial charge in [0.1, 0.15) is 0 Å². The summed E-state index contributed by atoms with van der Waals surface area (Å²) in [6.07, 6.45) is 1.22. The summed E-state index contributed by atoms with van der Waals surface area (Å²) >= 11 is 0. The fraction of sp³-hybridized carbons (Fsp3) is 0.529. The van der Waals surface area contributed by atoms with Crippen molar-refractivity contribution in [2.24, 2.45) is 5.92 Å². The molecule has 0 aromatic heterocycles. The Morgan fingerprint density at radius 1 is 1.26 bits per heavy atom. The fourth-order valence-electron chi connectivity index (χ4n) is 3.32. The summed E-state index contributed by atoms with van der Waals surface area (Å²) in [6.45, 7) is 5.77. The minimum absolute atomic E-state index is 0. The number of carbonyl (C=O) groups excluding carboxylic acids is 2. The van der Waals surface area contributed by atoms with Crippen molar-refractivity contribution in [3.8, 4) is 0 Å². The number of piperazine rings is 1. The van der Waals surface area contributed by atoms with Gasteiger partial charge in [-0.15, -0.1) is 12.4 Å². The number of nitrogens with one attached hydrogen (secondary N) is 1. The quantitative estimate of drug-likeness (QED) is 0.908. The molecule has 0 aliphatic carbocycles. The summed E-state index contributed by atoms with van der Waals surface area (Å²) in [5.41, 5.74) is 2.12. The van der Waals surface area contributed by atoms with Gasteiger partial charge >= 0.3 is 0 Å². The minimum atomic E-state index is -0.199. The zero-order valence-corrected chi connectivity index (χ0v) is 14.3. The van der Waals surface area contributed by atoms with Crippen LogP contribution < -0.4 is 10.2 Å². The summed E-state index contributed by atoms with van der Waals surface area (Å²) in [5, 5.41) is 3.25. The van der Waals surface area contributed by atoms with Crippen LogP contribution in [-0.2, 0) is 16.0 Å². The molecule has 23 heavy (non-hydrogen) atoms. The van der Waals surface area contributed by atoms with Crippen LogP contribution in [0.5, 0.6) is 0 Å². The number of carbonyl (C=O) groups is 2. The summed E-state index contributed by atoms with van der Waals surface area (Å²) in [4.78, 5) is 28.7. The molecule has 3 rings (SSSR count). The van der Waals surface area contributed by atoms with Gasteiger partial charge in [-0.3, -0.25) is 9.59 Å². The number of nitrogens with zero attached hydrogens (tertiary/aromatic N) is 2. The number of amides is 2. The van der Waals surface area contributed by atoms with Gasteiger partial charge in [0.2, 0.25) is 11.8 Å². The van der Waals surface area contributed by atoms with Crippen molar-refractivity contribution in [1.82, 2.24) is 10.2 Å². The molecule has 1 aromatic carbocycles. The Morgan fingerprint density at radius 2 is 1.96 bits per heavy atom. The molecule has 1 unspecified atom stereocenters. The van der Waals surface area contributed by atoms with E-state index < -0.39 is 0 Å². The van der Waals surface area contributed by atoms with Crippen LogP contribution >= 0.6 is 12.4 Å². The van der Waals surface area contributed by atoms with E-state index in [0.717, 1.165) is 43.9 Å². The van der Waals surface area contributed by atoms with Gasteiger partial charge in [-0.05, 0) is 18.1 Å². The molecular weight excluding hydrogens is 314 g/mol. The van der Waals surface area contributed by atoms with E-state index in [1.807, 2.05) is 29.2 Å². The molecule has 2 heterocycles. The van der Waals surface area contributed by atoms with E-state index in [4.69, 9.17) is 0 Å². The molecule has 126 valence electrons. The molecule has 6 heteroatoms. The van der Waals surface area contributed by atoms with E-state index in [-0.39, 0.29) is 30.1 Å². The molecule has 2 aliphatic rings. The molecule has 5 nitrogen and oxygen atoms in total. The molecular formula is C17H24ClN3O2. The predicted octanol–water partition coefficient (Wildman–Crippen LogP) is 1.46. The van der Waals surface area contributed by atoms with Crippen molar-refractivity contribution in [2.75, 3.05) is 37.6 Å². The molecule has 0 radical (unpaired) electrons. The highest BCUT2D eigenvalue weighted by Crippen LogP contribution is 2.29. The number of rotatable bonds is 3. The molecule has 2 fully saturated rings. The van der Waals surface area contributed by atoms with E-state index in [1.54, 1.807) is 4.90 Å². The van der Waals surface area contributed by atoms with Crippen molar-refractivity contribution in [3.63, 3.8) is 0 Å². The molecule has 0 saturated carbocycles. The van der Waals surface area contributed by atoms with Crippen LogP contribution in [0.4, 0.5) is 5.69 Å². The topological polar surface area (TPSA) is 52.7 Å². The van der Waals surface area contributed by atoms with E-state index >= 15 is 0 Å². The van der Waals surface area contributed by atoms with Crippen molar-refractivity contribution in [1.29, 1.82) is 0 Å². The third kappa shape index (κ3) is 3.67. The number of aryl methyl sites for hydroxylation is 1.